The van der Waals surface area contributed by atoms with Gasteiger partial charge >= 0.3 is 0 Å². The molecule has 2 aliphatic carbocycles. The van der Waals surface area contributed by atoms with E-state index in [1.54, 1.807) is 30.8 Å². The summed E-state index contributed by atoms with van der Waals surface area (Å²) in [6, 6.07) is 2.42. The molecule has 0 saturated heterocycles. The van der Waals surface area contributed by atoms with E-state index in [1.807, 2.05) is 0 Å². The van der Waals surface area contributed by atoms with Crippen molar-refractivity contribution in [2.45, 2.75) is 44.7 Å². The highest BCUT2D eigenvalue weighted by Crippen LogP contribution is 2.56. The second-order valence-corrected chi connectivity index (χ2v) is 7.39. The molecule has 21 heavy (non-hydrogen) atoms. The van der Waals surface area contributed by atoms with Crippen molar-refractivity contribution in [2.24, 2.45) is 12.5 Å². The van der Waals surface area contributed by atoms with Gasteiger partial charge in [-0.3, -0.25) is 9.59 Å². The number of carbonyl (C=O) groups excluding carboxylic acids is 1. The second kappa shape index (κ2) is 5.16. The van der Waals surface area contributed by atoms with Crippen molar-refractivity contribution < 1.29 is 4.79 Å². The van der Waals surface area contributed by atoms with Gasteiger partial charge in [-0.1, -0.05) is 0 Å². The Labute approximate surface area is 132 Å². The Kier molecular flexibility index (Phi) is 3.59. The summed E-state index contributed by atoms with van der Waals surface area (Å²) in [7, 11) is 1.74. The van der Waals surface area contributed by atoms with Crippen LogP contribution in [0.4, 0.5) is 5.69 Å². The van der Waals surface area contributed by atoms with E-state index in [9.17, 15) is 9.59 Å². The predicted octanol–water partition coefficient (Wildman–Crippen LogP) is 2.01. The monoisotopic (exact) mass is 353 g/mol. The summed E-state index contributed by atoms with van der Waals surface area (Å²) in [6.45, 7) is 1.57. The molecule has 2 aliphatic rings. The molecule has 1 aromatic heterocycles. The zero-order valence-electron chi connectivity index (χ0n) is 12.3. The van der Waals surface area contributed by atoms with Gasteiger partial charge in [-0.25, -0.2) is 0 Å². The second-order valence-electron chi connectivity index (χ2n) is 6.54. The van der Waals surface area contributed by atoms with Gasteiger partial charge in [-0.15, -0.1) is 0 Å². The number of hydrogen-bond acceptors (Lipinski definition) is 3. The first kappa shape index (κ1) is 14.6. The lowest BCUT2D eigenvalue weighted by atomic mass is 9.52. The number of nitrogens with one attached hydrogen (secondary N) is 2. The van der Waals surface area contributed by atoms with Crippen LogP contribution in [0, 0.1) is 5.41 Å². The summed E-state index contributed by atoms with van der Waals surface area (Å²) in [6.07, 6.45) is 6.19. The number of carbonyl (C=O) groups is 1. The van der Waals surface area contributed by atoms with Crippen molar-refractivity contribution in [1.29, 1.82) is 0 Å². The Hall–Kier alpha value is -1.30. The zero-order valence-corrected chi connectivity index (χ0v) is 13.9. The van der Waals surface area contributed by atoms with E-state index in [1.165, 1.54) is 0 Å². The fourth-order valence-electron chi connectivity index (χ4n) is 3.72. The Morgan fingerprint density at radius 1 is 1.33 bits per heavy atom. The minimum atomic E-state index is -0.0101. The molecule has 0 unspecified atom stereocenters. The third kappa shape index (κ3) is 2.86. The number of halogens is 1. The molecule has 1 heterocycles. The predicted molar refractivity (Wildman–Crippen MR) is 85.3 cm³/mol. The third-order valence-corrected chi connectivity index (χ3v) is 5.30. The highest BCUT2D eigenvalue weighted by Gasteiger charge is 2.53. The number of hydrogen-bond donors (Lipinski definition) is 2. The highest BCUT2D eigenvalue weighted by molar-refractivity contribution is 9.10. The van der Waals surface area contributed by atoms with Crippen LogP contribution in [0.3, 0.4) is 0 Å². The fourth-order valence-corrected chi connectivity index (χ4v) is 4.26. The van der Waals surface area contributed by atoms with Gasteiger partial charge in [-0.05, 0) is 47.0 Å². The van der Waals surface area contributed by atoms with Crippen molar-refractivity contribution in [1.82, 2.24) is 9.88 Å². The first-order valence-electron chi connectivity index (χ1n) is 7.27. The molecule has 114 valence electrons. The van der Waals surface area contributed by atoms with Crippen molar-refractivity contribution in [3.63, 3.8) is 0 Å². The van der Waals surface area contributed by atoms with Gasteiger partial charge in [0.15, 0.2) is 0 Å². The molecule has 0 atom stereocenters. The SMILES string of the molecule is CC(=O)NC1CC2(C1)CC(Nc1cc(=O)n(C)cc1Br)C2. The van der Waals surface area contributed by atoms with Gasteiger partial charge < -0.3 is 15.2 Å². The molecule has 0 aliphatic heterocycles. The maximum Gasteiger partial charge on any atom is 0.252 e. The van der Waals surface area contributed by atoms with E-state index in [2.05, 4.69) is 26.6 Å². The zero-order chi connectivity index (χ0) is 15.2. The van der Waals surface area contributed by atoms with E-state index in [-0.39, 0.29) is 11.5 Å². The van der Waals surface area contributed by atoms with Gasteiger partial charge in [0.2, 0.25) is 5.91 Å². The molecule has 0 bridgehead atoms. The Bertz CT molecular complexity index is 626. The molecule has 3 rings (SSSR count). The number of rotatable bonds is 3. The largest absolute Gasteiger partial charge is 0.381 e. The van der Waals surface area contributed by atoms with Crippen molar-refractivity contribution in [2.75, 3.05) is 5.32 Å². The lowest BCUT2D eigenvalue weighted by molar-refractivity contribution is -0.122. The summed E-state index contributed by atoms with van der Waals surface area (Å²) < 4.78 is 2.47. The summed E-state index contributed by atoms with van der Waals surface area (Å²) in [5.74, 6) is 0.0629. The molecule has 2 fully saturated rings. The van der Waals surface area contributed by atoms with Crippen LogP contribution in [0.15, 0.2) is 21.5 Å². The molecule has 1 amide bonds. The summed E-state index contributed by atoms with van der Waals surface area (Å²) >= 11 is 3.49. The first-order valence-corrected chi connectivity index (χ1v) is 8.06. The first-order chi connectivity index (χ1) is 9.87. The molecule has 6 heteroatoms. The minimum absolute atomic E-state index is 0.0101. The highest BCUT2D eigenvalue weighted by atomic mass is 79.9. The van der Waals surface area contributed by atoms with Gasteiger partial charge in [0.25, 0.3) is 5.56 Å². The van der Waals surface area contributed by atoms with E-state index in [0.717, 1.165) is 35.8 Å². The summed E-state index contributed by atoms with van der Waals surface area (Å²) in [5.41, 5.74) is 1.27. The van der Waals surface area contributed by atoms with E-state index in [0.29, 0.717) is 17.5 Å². The standard InChI is InChI=1S/C15H20BrN3O2/c1-9(20)17-10-4-15(5-10)6-11(7-15)18-13-3-14(21)19(2)8-12(13)16/h3,8,10-11,18H,4-7H2,1-2H3,(H,17,20). The molecule has 0 aromatic carbocycles. The van der Waals surface area contributed by atoms with Crippen LogP contribution in [0.5, 0.6) is 0 Å². The smallest absolute Gasteiger partial charge is 0.252 e. The number of amides is 1. The normalized spacial score (nSPS) is 30.4. The van der Waals surface area contributed by atoms with Crippen molar-refractivity contribution >= 4 is 27.5 Å². The molecule has 2 saturated carbocycles. The number of aryl methyl sites for hydroxylation is 1. The van der Waals surface area contributed by atoms with Crippen LogP contribution < -0.4 is 16.2 Å². The van der Waals surface area contributed by atoms with E-state index >= 15 is 0 Å². The third-order valence-electron chi connectivity index (χ3n) is 4.66. The van der Waals surface area contributed by atoms with Crippen LogP contribution in [-0.2, 0) is 11.8 Å². The number of nitrogens with zero attached hydrogens (tertiary/aromatic N) is 1. The Morgan fingerprint density at radius 2 is 1.95 bits per heavy atom. The van der Waals surface area contributed by atoms with Gasteiger partial charge in [0.1, 0.15) is 0 Å². The van der Waals surface area contributed by atoms with Crippen LogP contribution in [0.2, 0.25) is 0 Å². The lowest BCUT2D eigenvalue weighted by Crippen LogP contribution is -2.59. The maximum absolute atomic E-state index is 11.7. The van der Waals surface area contributed by atoms with E-state index < -0.39 is 0 Å². The summed E-state index contributed by atoms with van der Waals surface area (Å²) in [5, 5.41) is 6.43. The average Bonchev–Trinajstić information content (AvgIpc) is 2.29. The topological polar surface area (TPSA) is 63.1 Å². The number of pyridine rings is 1. The van der Waals surface area contributed by atoms with Gasteiger partial charge in [0.05, 0.1) is 10.2 Å². The fraction of sp³-hybridized carbons (Fsp3) is 0.600. The Morgan fingerprint density at radius 3 is 2.57 bits per heavy atom. The lowest BCUT2D eigenvalue weighted by Gasteiger charge is -2.58. The molecular weight excluding hydrogens is 334 g/mol. The van der Waals surface area contributed by atoms with Crippen LogP contribution >= 0.6 is 15.9 Å². The van der Waals surface area contributed by atoms with Crippen LogP contribution in [-0.4, -0.2) is 22.6 Å². The molecule has 2 N–H and O–H groups in total. The van der Waals surface area contributed by atoms with Crippen LogP contribution in [0.25, 0.3) is 0 Å². The molecule has 5 nitrogen and oxygen atoms in total. The van der Waals surface area contributed by atoms with Crippen molar-refractivity contribution in [3.05, 3.63) is 27.1 Å². The molecular formula is C15H20BrN3O2. The average molecular weight is 354 g/mol. The molecule has 1 aromatic rings. The summed E-state index contributed by atoms with van der Waals surface area (Å²) in [4.78, 5) is 22.7. The Balaban J connectivity index is 1.53. The quantitative estimate of drug-likeness (QED) is 0.873. The molecule has 0 radical (unpaired) electrons. The van der Waals surface area contributed by atoms with E-state index in [4.69, 9.17) is 0 Å². The van der Waals surface area contributed by atoms with Gasteiger partial charge in [-0.2, -0.15) is 0 Å². The maximum atomic E-state index is 11.7. The minimum Gasteiger partial charge on any atom is -0.381 e. The number of anilines is 1. The van der Waals surface area contributed by atoms with Gasteiger partial charge in [0, 0.05) is 38.3 Å². The van der Waals surface area contributed by atoms with Crippen molar-refractivity contribution in [3.8, 4) is 0 Å². The van der Waals surface area contributed by atoms with Crippen LogP contribution in [0.1, 0.15) is 32.6 Å². The number of aromatic nitrogens is 1. The molecule has 1 spiro atoms.